The van der Waals surface area contributed by atoms with Crippen LogP contribution in [0.2, 0.25) is 0 Å². The van der Waals surface area contributed by atoms with Crippen LogP contribution in [-0.2, 0) is 6.54 Å². The van der Waals surface area contributed by atoms with Crippen molar-refractivity contribution in [2.75, 3.05) is 59.5 Å². The van der Waals surface area contributed by atoms with Crippen molar-refractivity contribution < 1.29 is 14.3 Å². The zero-order valence-corrected chi connectivity index (χ0v) is 21.1. The molecule has 2 aliphatic heterocycles. The second kappa shape index (κ2) is 11.3. The summed E-state index contributed by atoms with van der Waals surface area (Å²) in [4.78, 5) is 33.9. The molecular weight excluding hydrogens is 472 g/mol. The second-order valence-corrected chi connectivity index (χ2v) is 9.29. The molecule has 0 spiro atoms. The summed E-state index contributed by atoms with van der Waals surface area (Å²) in [5.41, 5.74) is 13.7. The predicted octanol–water partition coefficient (Wildman–Crippen LogP) is 0.589. The molecule has 0 radical (unpaired) electrons. The number of piperazine rings is 2. The lowest BCUT2D eigenvalue weighted by molar-refractivity contribution is 0.0535. The van der Waals surface area contributed by atoms with Gasteiger partial charge in [0, 0.05) is 75.6 Å². The molecule has 0 saturated carbocycles. The van der Waals surface area contributed by atoms with Crippen LogP contribution in [0.25, 0.3) is 0 Å². The number of rotatable bonds is 6. The van der Waals surface area contributed by atoms with Crippen molar-refractivity contribution in [2.24, 2.45) is 11.5 Å². The first-order chi connectivity index (χ1) is 17.7. The molecule has 2 aromatic rings. The van der Waals surface area contributed by atoms with E-state index in [0.717, 1.165) is 18.7 Å². The van der Waals surface area contributed by atoms with Gasteiger partial charge in [0.1, 0.15) is 11.6 Å². The monoisotopic (exact) mass is 506 g/mol. The molecule has 37 heavy (non-hydrogen) atoms. The van der Waals surface area contributed by atoms with Gasteiger partial charge in [-0.05, 0) is 35.9 Å². The highest BCUT2D eigenvalue weighted by Gasteiger charge is 2.26. The number of guanidine groups is 1. The van der Waals surface area contributed by atoms with Gasteiger partial charge in [0.05, 0.1) is 7.11 Å². The summed E-state index contributed by atoms with van der Waals surface area (Å²) in [6.45, 7) is 5.41. The molecule has 0 aromatic heterocycles. The fourth-order valence-corrected chi connectivity index (χ4v) is 4.67. The van der Waals surface area contributed by atoms with Gasteiger partial charge >= 0.3 is 0 Å². The van der Waals surface area contributed by atoms with Crippen molar-refractivity contribution in [3.63, 3.8) is 0 Å². The van der Waals surface area contributed by atoms with E-state index in [-0.39, 0.29) is 23.6 Å². The van der Waals surface area contributed by atoms with Gasteiger partial charge < -0.3 is 30.9 Å². The van der Waals surface area contributed by atoms with E-state index in [0.29, 0.717) is 68.3 Å². The topological polar surface area (TPSA) is 156 Å². The van der Waals surface area contributed by atoms with E-state index in [9.17, 15) is 9.59 Å². The average molecular weight is 507 g/mol. The summed E-state index contributed by atoms with van der Waals surface area (Å²) >= 11 is 0. The molecule has 11 nitrogen and oxygen atoms in total. The fourth-order valence-electron chi connectivity index (χ4n) is 4.67. The predicted molar refractivity (Wildman–Crippen MR) is 141 cm³/mol. The number of benzene rings is 2. The normalized spacial score (nSPS) is 16.4. The Balaban J connectivity index is 1.37. The minimum absolute atomic E-state index is 0.0395. The van der Waals surface area contributed by atoms with E-state index in [1.165, 1.54) is 0 Å². The average Bonchev–Trinajstić information content (AvgIpc) is 2.92. The van der Waals surface area contributed by atoms with E-state index >= 15 is 0 Å². The summed E-state index contributed by atoms with van der Waals surface area (Å²) in [6.07, 6.45) is 0. The van der Waals surface area contributed by atoms with Gasteiger partial charge in [-0.3, -0.25) is 25.3 Å². The lowest BCUT2D eigenvalue weighted by Crippen LogP contribution is -2.50. The maximum Gasteiger partial charge on any atom is 0.254 e. The molecule has 2 amide bonds. The molecular formula is C26H34N8O3. The summed E-state index contributed by atoms with van der Waals surface area (Å²) < 4.78 is 5.48. The minimum Gasteiger partial charge on any atom is -0.497 e. The van der Waals surface area contributed by atoms with Gasteiger partial charge in [-0.1, -0.05) is 12.1 Å². The van der Waals surface area contributed by atoms with Crippen LogP contribution in [0, 0.1) is 10.8 Å². The summed E-state index contributed by atoms with van der Waals surface area (Å²) in [7, 11) is 1.59. The lowest BCUT2D eigenvalue weighted by Gasteiger charge is -2.35. The Morgan fingerprint density at radius 1 is 0.757 bits per heavy atom. The Hall–Kier alpha value is -4.12. The van der Waals surface area contributed by atoms with Crippen molar-refractivity contribution in [1.82, 2.24) is 19.6 Å². The number of nitrogens with two attached hydrogens (primary N) is 2. The van der Waals surface area contributed by atoms with Crippen molar-refractivity contribution in [1.29, 1.82) is 10.8 Å². The summed E-state index contributed by atoms with van der Waals surface area (Å²) in [5.74, 6) is 0.505. The van der Waals surface area contributed by atoms with Crippen LogP contribution in [-0.4, -0.2) is 103 Å². The van der Waals surface area contributed by atoms with Crippen molar-refractivity contribution in [3.05, 3.63) is 64.7 Å². The van der Waals surface area contributed by atoms with Gasteiger partial charge in [-0.15, -0.1) is 0 Å². The molecule has 11 heteroatoms. The van der Waals surface area contributed by atoms with Gasteiger partial charge in [-0.2, -0.15) is 0 Å². The number of nitrogen functional groups attached to an aromatic ring is 1. The molecule has 0 atom stereocenters. The van der Waals surface area contributed by atoms with Gasteiger partial charge in [0.15, 0.2) is 5.96 Å². The Morgan fingerprint density at radius 2 is 1.27 bits per heavy atom. The highest BCUT2D eigenvalue weighted by atomic mass is 16.5. The summed E-state index contributed by atoms with van der Waals surface area (Å²) in [6, 6.07) is 12.3. The van der Waals surface area contributed by atoms with Crippen molar-refractivity contribution in [3.8, 4) is 5.75 Å². The zero-order valence-electron chi connectivity index (χ0n) is 21.1. The number of amides is 2. The standard InChI is InChI=1S/C26H34N8O3/c1-37-22-15-18(17-31-6-8-34(9-7-31)26(29)30)14-21(16-22)25(36)33-12-10-32(11-13-33)24(35)20-4-2-19(3-5-20)23(27)28/h2-5,14-16H,6-13,17H2,1H3,(H3,27,28)(H3,29,30). The van der Waals surface area contributed by atoms with Crippen molar-refractivity contribution >= 4 is 23.6 Å². The number of hydrogen-bond acceptors (Lipinski definition) is 6. The Labute approximate surface area is 216 Å². The maximum atomic E-state index is 13.4. The first-order valence-corrected chi connectivity index (χ1v) is 12.3. The number of ether oxygens (including phenoxy) is 1. The third kappa shape index (κ3) is 6.18. The molecule has 0 bridgehead atoms. The van der Waals surface area contributed by atoms with Crippen LogP contribution in [0.5, 0.6) is 5.75 Å². The lowest BCUT2D eigenvalue weighted by atomic mass is 10.1. The Bertz CT molecular complexity index is 1170. The minimum atomic E-state index is -0.101. The van der Waals surface area contributed by atoms with E-state index in [2.05, 4.69) is 4.90 Å². The fraction of sp³-hybridized carbons (Fsp3) is 0.385. The maximum absolute atomic E-state index is 13.4. The van der Waals surface area contributed by atoms with Crippen LogP contribution in [0.3, 0.4) is 0 Å². The van der Waals surface area contributed by atoms with Crippen LogP contribution >= 0.6 is 0 Å². The number of carbonyl (C=O) groups is 2. The van der Waals surface area contributed by atoms with Gasteiger partial charge in [0.2, 0.25) is 0 Å². The molecule has 2 heterocycles. The quantitative estimate of drug-likeness (QED) is 0.330. The Morgan fingerprint density at radius 3 is 1.78 bits per heavy atom. The molecule has 4 rings (SSSR count). The largest absolute Gasteiger partial charge is 0.497 e. The second-order valence-electron chi connectivity index (χ2n) is 9.29. The molecule has 2 aromatic carbocycles. The van der Waals surface area contributed by atoms with Crippen LogP contribution in [0.1, 0.15) is 31.8 Å². The number of amidine groups is 1. The van der Waals surface area contributed by atoms with E-state index < -0.39 is 0 Å². The molecule has 0 unspecified atom stereocenters. The van der Waals surface area contributed by atoms with Crippen molar-refractivity contribution in [2.45, 2.75) is 6.54 Å². The number of methoxy groups -OCH3 is 1. The molecule has 2 aliphatic rings. The molecule has 2 fully saturated rings. The zero-order chi connectivity index (χ0) is 26.5. The van der Waals surface area contributed by atoms with E-state index in [1.54, 1.807) is 47.2 Å². The number of carbonyl (C=O) groups excluding carboxylic acids is 2. The Kier molecular flexibility index (Phi) is 7.92. The summed E-state index contributed by atoms with van der Waals surface area (Å²) in [5, 5.41) is 15.1. The number of hydrogen-bond donors (Lipinski definition) is 4. The van der Waals surface area contributed by atoms with E-state index in [4.69, 9.17) is 27.0 Å². The first kappa shape index (κ1) is 26.0. The highest BCUT2D eigenvalue weighted by molar-refractivity contribution is 5.98. The van der Waals surface area contributed by atoms with Gasteiger partial charge in [-0.25, -0.2) is 0 Å². The molecule has 2 saturated heterocycles. The smallest absolute Gasteiger partial charge is 0.254 e. The third-order valence-corrected chi connectivity index (χ3v) is 6.87. The van der Waals surface area contributed by atoms with Gasteiger partial charge in [0.25, 0.3) is 11.8 Å². The van der Waals surface area contributed by atoms with Crippen LogP contribution in [0.15, 0.2) is 42.5 Å². The highest BCUT2D eigenvalue weighted by Crippen LogP contribution is 2.21. The first-order valence-electron chi connectivity index (χ1n) is 12.3. The third-order valence-electron chi connectivity index (χ3n) is 6.87. The van der Waals surface area contributed by atoms with E-state index in [1.807, 2.05) is 17.0 Å². The number of nitrogens with zero attached hydrogens (tertiary/aromatic N) is 4. The van der Waals surface area contributed by atoms with Crippen LogP contribution < -0.4 is 16.2 Å². The molecule has 0 aliphatic carbocycles. The molecule has 196 valence electrons. The van der Waals surface area contributed by atoms with Crippen LogP contribution in [0.4, 0.5) is 0 Å². The molecule has 6 N–H and O–H groups in total. The number of nitrogens with one attached hydrogen (secondary N) is 2. The SMILES string of the molecule is COc1cc(CN2CCN(C(=N)N)CC2)cc(C(=O)N2CCN(C(=O)c3ccc(C(=N)N)cc3)CC2)c1.